The molecule has 0 saturated carbocycles. The van der Waals surface area contributed by atoms with Gasteiger partial charge in [0, 0.05) is 5.56 Å². The maximum atomic E-state index is 14.0. The van der Waals surface area contributed by atoms with Crippen molar-refractivity contribution in [3.05, 3.63) is 59.2 Å². The summed E-state index contributed by atoms with van der Waals surface area (Å²) in [5.41, 5.74) is 0.748. The minimum Gasteiger partial charge on any atom is -0.486 e. The molecule has 25 heavy (non-hydrogen) atoms. The molecule has 2 aliphatic rings. The Morgan fingerprint density at radius 3 is 2.56 bits per heavy atom. The van der Waals surface area contributed by atoms with Gasteiger partial charge in [0.2, 0.25) is 5.91 Å². The number of thioether (sulfide) groups is 1. The Bertz CT molecular complexity index is 810. The highest BCUT2D eigenvalue weighted by Crippen LogP contribution is 2.43. The van der Waals surface area contributed by atoms with Crippen molar-refractivity contribution >= 4 is 17.7 Å². The molecule has 1 saturated heterocycles. The van der Waals surface area contributed by atoms with Crippen LogP contribution in [0.15, 0.2) is 36.4 Å². The fourth-order valence-corrected chi connectivity index (χ4v) is 4.15. The summed E-state index contributed by atoms with van der Waals surface area (Å²) < 4.78 is 39.0. The SMILES string of the molecule is O=C1CSC(c2ccc3c(c2)OCCO3)N1Cc1c(F)cccc1F. The number of fused-ring (bicyclic) bond motifs is 1. The Morgan fingerprint density at radius 1 is 1.08 bits per heavy atom. The minimum absolute atomic E-state index is 0.0964. The molecule has 130 valence electrons. The zero-order valence-corrected chi connectivity index (χ0v) is 14.0. The van der Waals surface area contributed by atoms with Crippen molar-refractivity contribution in [2.45, 2.75) is 11.9 Å². The van der Waals surface area contributed by atoms with Gasteiger partial charge in [-0.1, -0.05) is 12.1 Å². The van der Waals surface area contributed by atoms with Gasteiger partial charge in [-0.2, -0.15) is 0 Å². The molecule has 7 heteroatoms. The first-order valence-electron chi connectivity index (χ1n) is 7.87. The molecule has 2 aliphatic heterocycles. The quantitative estimate of drug-likeness (QED) is 0.837. The molecule has 4 rings (SSSR count). The van der Waals surface area contributed by atoms with Crippen LogP contribution >= 0.6 is 11.8 Å². The predicted octanol–water partition coefficient (Wildman–Crippen LogP) is 3.51. The van der Waals surface area contributed by atoms with Crippen molar-refractivity contribution in [1.82, 2.24) is 4.90 Å². The summed E-state index contributed by atoms with van der Waals surface area (Å²) in [6.45, 7) is 0.864. The van der Waals surface area contributed by atoms with Crippen LogP contribution in [0, 0.1) is 11.6 Å². The lowest BCUT2D eigenvalue weighted by atomic mass is 10.1. The van der Waals surface area contributed by atoms with Gasteiger partial charge in [0.15, 0.2) is 11.5 Å². The Hall–Kier alpha value is -2.28. The van der Waals surface area contributed by atoms with E-state index in [4.69, 9.17) is 9.47 Å². The second-order valence-corrected chi connectivity index (χ2v) is 6.86. The van der Waals surface area contributed by atoms with Crippen LogP contribution in [0.3, 0.4) is 0 Å². The first-order chi connectivity index (χ1) is 12.1. The average Bonchev–Trinajstić information content (AvgIpc) is 2.98. The molecule has 0 N–H and O–H groups in total. The fraction of sp³-hybridized carbons (Fsp3) is 0.278. The van der Waals surface area contributed by atoms with Gasteiger partial charge >= 0.3 is 0 Å². The summed E-state index contributed by atoms with van der Waals surface area (Å²) >= 11 is 1.43. The maximum Gasteiger partial charge on any atom is 0.234 e. The molecule has 2 aromatic rings. The summed E-state index contributed by atoms with van der Waals surface area (Å²) in [5, 5.41) is -0.317. The number of benzene rings is 2. The van der Waals surface area contributed by atoms with E-state index in [0.29, 0.717) is 24.7 Å². The van der Waals surface area contributed by atoms with Crippen LogP contribution in [0.4, 0.5) is 8.78 Å². The zero-order chi connectivity index (χ0) is 17.4. The van der Waals surface area contributed by atoms with E-state index in [1.54, 1.807) is 6.07 Å². The Morgan fingerprint density at radius 2 is 1.80 bits per heavy atom. The molecule has 0 radical (unpaired) electrons. The molecule has 1 amide bonds. The number of hydrogen-bond acceptors (Lipinski definition) is 4. The second-order valence-electron chi connectivity index (χ2n) is 5.79. The number of nitrogens with zero attached hydrogens (tertiary/aromatic N) is 1. The minimum atomic E-state index is -0.648. The Kier molecular flexibility index (Phi) is 4.25. The standard InChI is InChI=1S/C18H15F2NO3S/c19-13-2-1-3-14(20)12(13)9-21-17(22)10-25-18(21)11-4-5-15-16(8-11)24-7-6-23-15/h1-5,8,18H,6-7,9-10H2. The molecule has 4 nitrogen and oxygen atoms in total. The Labute approximate surface area is 147 Å². The molecule has 2 aromatic carbocycles. The molecular weight excluding hydrogens is 348 g/mol. The van der Waals surface area contributed by atoms with E-state index in [0.717, 1.165) is 5.56 Å². The van der Waals surface area contributed by atoms with Gasteiger partial charge in [0.05, 0.1) is 12.3 Å². The van der Waals surface area contributed by atoms with Crippen LogP contribution < -0.4 is 9.47 Å². The molecule has 1 atom stereocenters. The van der Waals surface area contributed by atoms with Crippen molar-refractivity contribution in [2.24, 2.45) is 0 Å². The zero-order valence-electron chi connectivity index (χ0n) is 13.2. The lowest BCUT2D eigenvalue weighted by Gasteiger charge is -2.26. The summed E-state index contributed by atoms with van der Waals surface area (Å²) in [6, 6.07) is 9.20. The van der Waals surface area contributed by atoms with E-state index in [-0.39, 0.29) is 29.1 Å². The number of halogens is 2. The van der Waals surface area contributed by atoms with Crippen molar-refractivity contribution in [3.8, 4) is 11.5 Å². The van der Waals surface area contributed by atoms with Crippen LogP contribution in [-0.4, -0.2) is 29.8 Å². The van der Waals surface area contributed by atoms with E-state index in [1.165, 1.54) is 34.9 Å². The average molecular weight is 363 g/mol. The van der Waals surface area contributed by atoms with Gasteiger partial charge in [-0.05, 0) is 29.8 Å². The predicted molar refractivity (Wildman–Crippen MR) is 89.5 cm³/mol. The Balaban J connectivity index is 1.64. The third-order valence-electron chi connectivity index (χ3n) is 4.21. The van der Waals surface area contributed by atoms with Crippen molar-refractivity contribution < 1.29 is 23.0 Å². The van der Waals surface area contributed by atoms with Crippen molar-refractivity contribution in [2.75, 3.05) is 19.0 Å². The lowest BCUT2D eigenvalue weighted by Crippen LogP contribution is -2.28. The number of rotatable bonds is 3. The highest BCUT2D eigenvalue weighted by Gasteiger charge is 2.34. The fourth-order valence-electron chi connectivity index (χ4n) is 2.97. The van der Waals surface area contributed by atoms with Gasteiger partial charge in [0.25, 0.3) is 0 Å². The van der Waals surface area contributed by atoms with Crippen LogP contribution in [0.1, 0.15) is 16.5 Å². The first-order valence-corrected chi connectivity index (χ1v) is 8.92. The van der Waals surface area contributed by atoms with Crippen molar-refractivity contribution in [3.63, 3.8) is 0 Å². The number of amides is 1. The van der Waals surface area contributed by atoms with Crippen LogP contribution in [-0.2, 0) is 11.3 Å². The summed E-state index contributed by atoms with van der Waals surface area (Å²) in [7, 11) is 0. The van der Waals surface area contributed by atoms with Gasteiger partial charge in [-0.15, -0.1) is 11.8 Å². The number of carbonyl (C=O) groups is 1. The normalized spacial score (nSPS) is 19.4. The first kappa shape index (κ1) is 16.2. The molecule has 0 aromatic heterocycles. The molecular formula is C18H15F2NO3S. The van der Waals surface area contributed by atoms with Crippen molar-refractivity contribution in [1.29, 1.82) is 0 Å². The van der Waals surface area contributed by atoms with Crippen LogP contribution in [0.25, 0.3) is 0 Å². The molecule has 0 bridgehead atoms. The second kappa shape index (κ2) is 6.55. The summed E-state index contributed by atoms with van der Waals surface area (Å²) in [4.78, 5) is 13.8. The van der Waals surface area contributed by atoms with Gasteiger partial charge in [0.1, 0.15) is 30.2 Å². The van der Waals surface area contributed by atoms with E-state index >= 15 is 0 Å². The molecule has 0 aliphatic carbocycles. The van der Waals surface area contributed by atoms with Gasteiger partial charge in [-0.3, -0.25) is 4.79 Å². The lowest BCUT2D eigenvalue weighted by molar-refractivity contribution is -0.128. The number of carbonyl (C=O) groups excluding carboxylic acids is 1. The van der Waals surface area contributed by atoms with Crippen LogP contribution in [0.5, 0.6) is 11.5 Å². The number of hydrogen-bond donors (Lipinski definition) is 0. The number of ether oxygens (including phenoxy) is 2. The molecule has 1 fully saturated rings. The monoisotopic (exact) mass is 363 g/mol. The van der Waals surface area contributed by atoms with E-state index in [9.17, 15) is 13.6 Å². The third-order valence-corrected chi connectivity index (χ3v) is 5.47. The molecule has 1 unspecified atom stereocenters. The maximum absolute atomic E-state index is 14.0. The third kappa shape index (κ3) is 3.04. The van der Waals surface area contributed by atoms with E-state index in [2.05, 4.69) is 0 Å². The summed E-state index contributed by atoms with van der Waals surface area (Å²) in [6.07, 6.45) is 0. The smallest absolute Gasteiger partial charge is 0.234 e. The van der Waals surface area contributed by atoms with E-state index in [1.807, 2.05) is 12.1 Å². The highest BCUT2D eigenvalue weighted by atomic mass is 32.2. The molecule has 0 spiro atoms. The van der Waals surface area contributed by atoms with E-state index < -0.39 is 11.6 Å². The van der Waals surface area contributed by atoms with Gasteiger partial charge < -0.3 is 14.4 Å². The highest BCUT2D eigenvalue weighted by molar-refractivity contribution is 8.00. The largest absolute Gasteiger partial charge is 0.486 e. The topological polar surface area (TPSA) is 38.8 Å². The van der Waals surface area contributed by atoms with Crippen LogP contribution in [0.2, 0.25) is 0 Å². The van der Waals surface area contributed by atoms with Gasteiger partial charge in [-0.25, -0.2) is 8.78 Å². The molecule has 2 heterocycles. The summed E-state index contributed by atoms with van der Waals surface area (Å²) in [5.74, 6) is 0.121.